The summed E-state index contributed by atoms with van der Waals surface area (Å²) in [5.41, 5.74) is 0. The van der Waals surface area contributed by atoms with E-state index in [1.165, 1.54) is 0 Å². The second-order valence-electron chi connectivity index (χ2n) is 3.21. The molecule has 0 atom stereocenters. The second-order valence-corrected chi connectivity index (χ2v) is 3.21. The first-order valence-electron chi connectivity index (χ1n) is 5.37. The van der Waals surface area contributed by atoms with Crippen LogP contribution in [0, 0.1) is 0 Å². The Morgan fingerprint density at radius 1 is 1.20 bits per heavy atom. The van der Waals surface area contributed by atoms with Crippen molar-refractivity contribution in [2.24, 2.45) is 0 Å². The summed E-state index contributed by atoms with van der Waals surface area (Å²) in [6.07, 6.45) is 1.01. The zero-order chi connectivity index (χ0) is 10.9. The molecule has 1 rings (SSSR count). The first kappa shape index (κ1) is 11.9. The molecule has 0 heterocycles. The van der Waals surface area contributed by atoms with E-state index >= 15 is 0 Å². The van der Waals surface area contributed by atoms with Crippen molar-refractivity contribution in [3.8, 4) is 11.5 Å². The van der Waals surface area contributed by atoms with Crippen LogP contribution in [0.4, 0.5) is 0 Å². The molecule has 0 aromatic heterocycles. The lowest BCUT2D eigenvalue weighted by Gasteiger charge is -2.08. The molecule has 0 aliphatic rings. The van der Waals surface area contributed by atoms with Gasteiger partial charge in [0.1, 0.15) is 11.5 Å². The molecule has 3 heteroatoms. The van der Waals surface area contributed by atoms with Crippen LogP contribution < -0.4 is 14.8 Å². The molecule has 0 saturated heterocycles. The quantitative estimate of drug-likeness (QED) is 0.697. The molecular formula is C12H19NO2. The lowest BCUT2D eigenvalue weighted by Crippen LogP contribution is -2.11. The molecule has 1 aromatic carbocycles. The summed E-state index contributed by atoms with van der Waals surface area (Å²) >= 11 is 0. The van der Waals surface area contributed by atoms with Gasteiger partial charge in [-0.3, -0.25) is 0 Å². The van der Waals surface area contributed by atoms with Gasteiger partial charge in [0, 0.05) is 6.07 Å². The van der Waals surface area contributed by atoms with Crippen molar-refractivity contribution in [2.45, 2.75) is 13.3 Å². The van der Waals surface area contributed by atoms with E-state index in [4.69, 9.17) is 9.47 Å². The van der Waals surface area contributed by atoms with Crippen LogP contribution in [0.15, 0.2) is 24.3 Å². The highest BCUT2D eigenvalue weighted by Gasteiger charge is 1.96. The van der Waals surface area contributed by atoms with Gasteiger partial charge < -0.3 is 14.8 Å². The molecule has 0 amide bonds. The first-order chi connectivity index (χ1) is 7.36. The van der Waals surface area contributed by atoms with Crippen LogP contribution in [0.5, 0.6) is 11.5 Å². The van der Waals surface area contributed by atoms with Crippen molar-refractivity contribution < 1.29 is 9.47 Å². The maximum absolute atomic E-state index is 5.58. The van der Waals surface area contributed by atoms with Crippen LogP contribution in [-0.4, -0.2) is 26.8 Å². The average molecular weight is 209 g/mol. The molecule has 0 aliphatic carbocycles. The van der Waals surface area contributed by atoms with Crippen LogP contribution in [0.1, 0.15) is 13.3 Å². The molecule has 0 bridgehead atoms. The molecule has 0 unspecified atom stereocenters. The normalized spacial score (nSPS) is 10.0. The summed E-state index contributed by atoms with van der Waals surface area (Å²) in [7, 11) is 1.94. The highest BCUT2D eigenvalue weighted by molar-refractivity contribution is 5.32. The number of nitrogens with one attached hydrogen (secondary N) is 1. The second kappa shape index (κ2) is 7.12. The predicted molar refractivity (Wildman–Crippen MR) is 61.6 cm³/mol. The van der Waals surface area contributed by atoms with Gasteiger partial charge in [-0.25, -0.2) is 0 Å². The summed E-state index contributed by atoms with van der Waals surface area (Å²) in [6.45, 7) is 4.37. The Labute approximate surface area is 91.4 Å². The van der Waals surface area contributed by atoms with Crippen LogP contribution in [0.25, 0.3) is 0 Å². The molecule has 0 radical (unpaired) electrons. The van der Waals surface area contributed by atoms with Gasteiger partial charge >= 0.3 is 0 Å². The van der Waals surface area contributed by atoms with Gasteiger partial charge in [-0.05, 0) is 39.1 Å². The van der Waals surface area contributed by atoms with Crippen molar-refractivity contribution in [1.29, 1.82) is 0 Å². The lowest BCUT2D eigenvalue weighted by atomic mass is 10.3. The van der Waals surface area contributed by atoms with Crippen molar-refractivity contribution in [1.82, 2.24) is 5.32 Å². The molecule has 0 spiro atoms. The van der Waals surface area contributed by atoms with Gasteiger partial charge in [-0.2, -0.15) is 0 Å². The third-order valence-electron chi connectivity index (χ3n) is 1.96. The van der Waals surface area contributed by atoms with Gasteiger partial charge in [0.25, 0.3) is 0 Å². The van der Waals surface area contributed by atoms with E-state index in [0.29, 0.717) is 6.61 Å². The summed E-state index contributed by atoms with van der Waals surface area (Å²) in [4.78, 5) is 0. The molecular weight excluding hydrogens is 190 g/mol. The van der Waals surface area contributed by atoms with E-state index in [2.05, 4.69) is 5.32 Å². The van der Waals surface area contributed by atoms with Crippen LogP contribution in [0.2, 0.25) is 0 Å². The monoisotopic (exact) mass is 209 g/mol. The Morgan fingerprint density at radius 2 is 1.93 bits per heavy atom. The zero-order valence-electron chi connectivity index (χ0n) is 9.45. The maximum atomic E-state index is 5.58. The SMILES string of the molecule is CCOc1cccc(OCCCNC)c1. The van der Waals surface area contributed by atoms with Gasteiger partial charge in [0.15, 0.2) is 0 Å². The third kappa shape index (κ3) is 4.70. The topological polar surface area (TPSA) is 30.5 Å². The van der Waals surface area contributed by atoms with Gasteiger partial charge in [-0.1, -0.05) is 6.07 Å². The minimum absolute atomic E-state index is 0.684. The highest BCUT2D eigenvalue weighted by Crippen LogP contribution is 2.19. The number of hydrogen-bond acceptors (Lipinski definition) is 3. The van der Waals surface area contributed by atoms with E-state index in [1.807, 2.05) is 38.2 Å². The van der Waals surface area contributed by atoms with Crippen LogP contribution in [0.3, 0.4) is 0 Å². The number of rotatable bonds is 7. The standard InChI is InChI=1S/C12H19NO2/c1-3-14-11-6-4-7-12(10-11)15-9-5-8-13-2/h4,6-7,10,13H,3,5,8-9H2,1-2H3. The van der Waals surface area contributed by atoms with E-state index < -0.39 is 0 Å². The molecule has 1 aromatic rings. The molecule has 0 fully saturated rings. The predicted octanol–water partition coefficient (Wildman–Crippen LogP) is 2.07. The minimum atomic E-state index is 0.684. The van der Waals surface area contributed by atoms with Crippen molar-refractivity contribution in [3.63, 3.8) is 0 Å². The zero-order valence-corrected chi connectivity index (χ0v) is 9.45. The van der Waals surface area contributed by atoms with Crippen molar-refractivity contribution in [2.75, 3.05) is 26.8 Å². The molecule has 3 nitrogen and oxygen atoms in total. The molecule has 84 valence electrons. The summed E-state index contributed by atoms with van der Waals surface area (Å²) < 4.78 is 11.0. The van der Waals surface area contributed by atoms with E-state index in [9.17, 15) is 0 Å². The fraction of sp³-hybridized carbons (Fsp3) is 0.500. The first-order valence-corrected chi connectivity index (χ1v) is 5.37. The van der Waals surface area contributed by atoms with Gasteiger partial charge in [0.05, 0.1) is 13.2 Å². The Balaban J connectivity index is 2.36. The maximum Gasteiger partial charge on any atom is 0.122 e. The van der Waals surface area contributed by atoms with E-state index in [0.717, 1.165) is 31.1 Å². The number of hydrogen-bond donors (Lipinski definition) is 1. The highest BCUT2D eigenvalue weighted by atomic mass is 16.5. The van der Waals surface area contributed by atoms with E-state index in [-0.39, 0.29) is 0 Å². The number of benzene rings is 1. The third-order valence-corrected chi connectivity index (χ3v) is 1.96. The molecule has 1 N–H and O–H groups in total. The molecule has 0 saturated carbocycles. The Kier molecular flexibility index (Phi) is 5.63. The fourth-order valence-electron chi connectivity index (χ4n) is 1.26. The fourth-order valence-corrected chi connectivity index (χ4v) is 1.26. The van der Waals surface area contributed by atoms with E-state index in [1.54, 1.807) is 0 Å². The van der Waals surface area contributed by atoms with Crippen molar-refractivity contribution >= 4 is 0 Å². The lowest BCUT2D eigenvalue weighted by molar-refractivity contribution is 0.303. The summed E-state index contributed by atoms with van der Waals surface area (Å²) in [5, 5.41) is 3.08. The Bertz CT molecular complexity index is 276. The summed E-state index contributed by atoms with van der Waals surface area (Å²) in [6, 6.07) is 7.74. The van der Waals surface area contributed by atoms with Gasteiger partial charge in [0.2, 0.25) is 0 Å². The largest absolute Gasteiger partial charge is 0.494 e. The smallest absolute Gasteiger partial charge is 0.122 e. The summed E-state index contributed by atoms with van der Waals surface area (Å²) in [5.74, 6) is 1.74. The average Bonchev–Trinajstić information content (AvgIpc) is 2.26. The molecule has 0 aliphatic heterocycles. The Hall–Kier alpha value is -1.22. The van der Waals surface area contributed by atoms with Crippen molar-refractivity contribution in [3.05, 3.63) is 24.3 Å². The Morgan fingerprint density at radius 3 is 2.60 bits per heavy atom. The van der Waals surface area contributed by atoms with Crippen LogP contribution >= 0.6 is 0 Å². The van der Waals surface area contributed by atoms with Crippen LogP contribution in [-0.2, 0) is 0 Å². The minimum Gasteiger partial charge on any atom is -0.494 e. The molecule has 15 heavy (non-hydrogen) atoms. The number of ether oxygens (including phenoxy) is 2. The van der Waals surface area contributed by atoms with Gasteiger partial charge in [-0.15, -0.1) is 0 Å².